The van der Waals surface area contributed by atoms with Crippen LogP contribution in [0.1, 0.15) is 38.1 Å². The molecular formula is C17H31IN4S. The van der Waals surface area contributed by atoms with E-state index >= 15 is 0 Å². The molecule has 0 spiro atoms. The SMILES string of the molecule is CCNC(=NCc1sccc1C)NC1CN(C(C)C)CC1C.I. The van der Waals surface area contributed by atoms with Gasteiger partial charge in [0, 0.05) is 36.6 Å². The van der Waals surface area contributed by atoms with Crippen molar-refractivity contribution in [2.45, 2.75) is 53.2 Å². The Morgan fingerprint density at radius 3 is 2.70 bits per heavy atom. The number of guanidine groups is 1. The minimum Gasteiger partial charge on any atom is -0.357 e. The number of thiophene rings is 1. The van der Waals surface area contributed by atoms with E-state index in [9.17, 15) is 0 Å². The zero-order chi connectivity index (χ0) is 16.1. The first-order chi connectivity index (χ1) is 10.5. The first kappa shape index (κ1) is 20.7. The highest BCUT2D eigenvalue weighted by Crippen LogP contribution is 2.19. The van der Waals surface area contributed by atoms with Crippen molar-refractivity contribution in [3.63, 3.8) is 0 Å². The number of nitrogens with one attached hydrogen (secondary N) is 2. The molecule has 1 aromatic heterocycles. The lowest BCUT2D eigenvalue weighted by molar-refractivity contribution is 0.265. The van der Waals surface area contributed by atoms with Crippen LogP contribution in [0.4, 0.5) is 0 Å². The molecule has 0 radical (unpaired) electrons. The van der Waals surface area contributed by atoms with Crippen LogP contribution >= 0.6 is 35.3 Å². The largest absolute Gasteiger partial charge is 0.357 e. The van der Waals surface area contributed by atoms with E-state index in [2.05, 4.69) is 61.6 Å². The van der Waals surface area contributed by atoms with Gasteiger partial charge in [-0.3, -0.25) is 4.90 Å². The molecule has 2 rings (SSSR count). The van der Waals surface area contributed by atoms with Crippen molar-refractivity contribution in [3.8, 4) is 0 Å². The molecule has 2 heterocycles. The van der Waals surface area contributed by atoms with E-state index < -0.39 is 0 Å². The van der Waals surface area contributed by atoms with Crippen LogP contribution in [-0.2, 0) is 6.54 Å². The van der Waals surface area contributed by atoms with Crippen molar-refractivity contribution in [3.05, 3.63) is 21.9 Å². The smallest absolute Gasteiger partial charge is 0.191 e. The van der Waals surface area contributed by atoms with Crippen LogP contribution in [0.2, 0.25) is 0 Å². The van der Waals surface area contributed by atoms with Crippen molar-refractivity contribution in [1.82, 2.24) is 15.5 Å². The molecule has 0 aliphatic carbocycles. The van der Waals surface area contributed by atoms with Gasteiger partial charge in [0.25, 0.3) is 0 Å². The second-order valence-corrected chi connectivity index (χ2v) is 7.50. The van der Waals surface area contributed by atoms with Crippen LogP contribution in [0.5, 0.6) is 0 Å². The lowest BCUT2D eigenvalue weighted by atomic mass is 10.1. The van der Waals surface area contributed by atoms with E-state index in [0.29, 0.717) is 18.0 Å². The van der Waals surface area contributed by atoms with Gasteiger partial charge in [-0.25, -0.2) is 4.99 Å². The van der Waals surface area contributed by atoms with Gasteiger partial charge in [0.1, 0.15) is 0 Å². The number of nitrogens with zero attached hydrogens (tertiary/aromatic N) is 2. The molecule has 0 amide bonds. The minimum atomic E-state index is 0. The predicted octanol–water partition coefficient (Wildman–Crippen LogP) is 3.46. The highest BCUT2D eigenvalue weighted by atomic mass is 127. The molecule has 0 bridgehead atoms. The molecule has 2 atom stereocenters. The van der Waals surface area contributed by atoms with E-state index in [1.165, 1.54) is 17.0 Å². The summed E-state index contributed by atoms with van der Waals surface area (Å²) in [5, 5.41) is 9.16. The van der Waals surface area contributed by atoms with Gasteiger partial charge < -0.3 is 10.6 Å². The molecule has 1 aliphatic heterocycles. The summed E-state index contributed by atoms with van der Waals surface area (Å²) >= 11 is 1.79. The Morgan fingerprint density at radius 1 is 1.43 bits per heavy atom. The van der Waals surface area contributed by atoms with Crippen molar-refractivity contribution in [2.75, 3.05) is 19.6 Å². The molecule has 0 saturated carbocycles. The quantitative estimate of drug-likeness (QED) is 0.410. The highest BCUT2D eigenvalue weighted by Gasteiger charge is 2.31. The van der Waals surface area contributed by atoms with Gasteiger partial charge in [-0.05, 0) is 50.6 Å². The lowest BCUT2D eigenvalue weighted by Crippen LogP contribution is -2.46. The van der Waals surface area contributed by atoms with E-state index in [0.717, 1.165) is 25.6 Å². The Bertz CT molecular complexity index is 501. The fraction of sp³-hybridized carbons (Fsp3) is 0.706. The fourth-order valence-electron chi connectivity index (χ4n) is 2.83. The van der Waals surface area contributed by atoms with Gasteiger partial charge in [-0.2, -0.15) is 0 Å². The maximum Gasteiger partial charge on any atom is 0.191 e. The van der Waals surface area contributed by atoms with Gasteiger partial charge >= 0.3 is 0 Å². The minimum absolute atomic E-state index is 0. The van der Waals surface area contributed by atoms with Crippen LogP contribution in [-0.4, -0.2) is 42.6 Å². The monoisotopic (exact) mass is 450 g/mol. The number of rotatable bonds is 5. The van der Waals surface area contributed by atoms with Crippen LogP contribution < -0.4 is 10.6 Å². The Labute approximate surface area is 162 Å². The average Bonchev–Trinajstić information content (AvgIpc) is 3.03. The third-order valence-electron chi connectivity index (χ3n) is 4.39. The standard InChI is InChI=1S/C17H30N4S.HI/c1-6-18-17(19-9-16-13(4)7-8-22-16)20-15-11-21(12(2)3)10-14(15)5;/h7-8,12,14-15H,6,9-11H2,1-5H3,(H2,18,19,20);1H. The van der Waals surface area contributed by atoms with Crippen molar-refractivity contribution in [2.24, 2.45) is 10.9 Å². The molecule has 2 unspecified atom stereocenters. The van der Waals surface area contributed by atoms with Crippen molar-refractivity contribution in [1.29, 1.82) is 0 Å². The van der Waals surface area contributed by atoms with Crippen LogP contribution in [0.25, 0.3) is 0 Å². The summed E-state index contributed by atoms with van der Waals surface area (Å²) in [4.78, 5) is 8.66. The summed E-state index contributed by atoms with van der Waals surface area (Å²) in [6, 6.07) is 3.25. The molecule has 6 heteroatoms. The highest BCUT2D eigenvalue weighted by molar-refractivity contribution is 14.0. The summed E-state index contributed by atoms with van der Waals surface area (Å²) in [7, 11) is 0. The molecule has 1 saturated heterocycles. The zero-order valence-electron chi connectivity index (χ0n) is 14.9. The second-order valence-electron chi connectivity index (χ2n) is 6.50. The summed E-state index contributed by atoms with van der Waals surface area (Å²) < 4.78 is 0. The Kier molecular flexibility index (Phi) is 8.85. The molecular weight excluding hydrogens is 419 g/mol. The van der Waals surface area contributed by atoms with Gasteiger partial charge in [0.15, 0.2) is 5.96 Å². The van der Waals surface area contributed by atoms with E-state index in [4.69, 9.17) is 4.99 Å². The van der Waals surface area contributed by atoms with Gasteiger partial charge in [0.2, 0.25) is 0 Å². The van der Waals surface area contributed by atoms with E-state index in [-0.39, 0.29) is 24.0 Å². The fourth-order valence-corrected chi connectivity index (χ4v) is 3.66. The first-order valence-electron chi connectivity index (χ1n) is 8.33. The Morgan fingerprint density at radius 2 is 2.17 bits per heavy atom. The van der Waals surface area contributed by atoms with Gasteiger partial charge in [-0.15, -0.1) is 35.3 Å². The van der Waals surface area contributed by atoms with E-state index in [1.807, 2.05) is 0 Å². The normalized spacial score (nSPS) is 22.3. The number of aliphatic imine (C=N–C) groups is 1. The molecule has 1 fully saturated rings. The molecule has 2 N–H and O–H groups in total. The number of halogens is 1. The number of likely N-dealkylation sites (tertiary alicyclic amines) is 1. The summed E-state index contributed by atoms with van der Waals surface area (Å²) in [5.74, 6) is 1.59. The number of hydrogen-bond acceptors (Lipinski definition) is 3. The Hall–Kier alpha value is -0.340. The van der Waals surface area contributed by atoms with Crippen molar-refractivity contribution >= 4 is 41.3 Å². The maximum absolute atomic E-state index is 4.77. The average molecular weight is 450 g/mol. The summed E-state index contributed by atoms with van der Waals surface area (Å²) in [6.07, 6.45) is 0. The summed E-state index contributed by atoms with van der Waals surface area (Å²) in [6.45, 7) is 15.1. The zero-order valence-corrected chi connectivity index (χ0v) is 18.1. The molecule has 1 aliphatic rings. The predicted molar refractivity (Wildman–Crippen MR) is 112 cm³/mol. The van der Waals surface area contributed by atoms with Crippen LogP contribution in [0.15, 0.2) is 16.4 Å². The van der Waals surface area contributed by atoms with Crippen molar-refractivity contribution < 1.29 is 0 Å². The van der Waals surface area contributed by atoms with Crippen LogP contribution in [0.3, 0.4) is 0 Å². The maximum atomic E-state index is 4.77. The molecule has 0 aromatic carbocycles. The van der Waals surface area contributed by atoms with Gasteiger partial charge in [-0.1, -0.05) is 6.92 Å². The molecule has 132 valence electrons. The molecule has 1 aromatic rings. The summed E-state index contributed by atoms with van der Waals surface area (Å²) in [5.41, 5.74) is 1.34. The molecule has 23 heavy (non-hydrogen) atoms. The molecule has 4 nitrogen and oxygen atoms in total. The third kappa shape index (κ3) is 5.90. The number of aryl methyl sites for hydroxylation is 1. The van der Waals surface area contributed by atoms with E-state index in [1.54, 1.807) is 11.3 Å². The lowest BCUT2D eigenvalue weighted by Gasteiger charge is -2.21. The van der Waals surface area contributed by atoms with Gasteiger partial charge in [0.05, 0.1) is 6.54 Å². The third-order valence-corrected chi connectivity index (χ3v) is 5.39. The van der Waals surface area contributed by atoms with Crippen LogP contribution in [0, 0.1) is 12.8 Å². The Balaban J connectivity index is 0.00000264. The first-order valence-corrected chi connectivity index (χ1v) is 9.21. The number of hydrogen-bond donors (Lipinski definition) is 2. The topological polar surface area (TPSA) is 39.7 Å². The second kappa shape index (κ2) is 9.84.